The van der Waals surface area contributed by atoms with Crippen molar-refractivity contribution in [3.63, 3.8) is 0 Å². The Balaban J connectivity index is 1.50. The number of hydrogen-bond acceptors (Lipinski definition) is 5. The molecule has 0 unspecified atom stereocenters. The Morgan fingerprint density at radius 2 is 1.88 bits per heavy atom. The molecule has 2 aromatic carbocycles. The van der Waals surface area contributed by atoms with E-state index in [2.05, 4.69) is 20.4 Å². The van der Waals surface area contributed by atoms with Crippen LogP contribution in [0.3, 0.4) is 0 Å². The molecule has 0 aliphatic rings. The van der Waals surface area contributed by atoms with E-state index in [-0.39, 0.29) is 22.2 Å². The minimum Gasteiger partial charge on any atom is -0.325 e. The lowest BCUT2D eigenvalue weighted by molar-refractivity contribution is -0.137. The first-order chi connectivity index (χ1) is 15.2. The van der Waals surface area contributed by atoms with Crippen molar-refractivity contribution in [3.8, 4) is 5.69 Å². The van der Waals surface area contributed by atoms with E-state index in [0.717, 1.165) is 35.1 Å². The lowest BCUT2D eigenvalue weighted by Gasteiger charge is -2.09. The minimum absolute atomic E-state index is 0.103. The van der Waals surface area contributed by atoms with Gasteiger partial charge in [0.25, 0.3) is 5.56 Å². The van der Waals surface area contributed by atoms with Crippen molar-refractivity contribution in [2.45, 2.75) is 18.3 Å². The third-order valence-corrected chi connectivity index (χ3v) is 5.47. The molecule has 11 heteroatoms. The van der Waals surface area contributed by atoms with Crippen molar-refractivity contribution in [2.75, 3.05) is 11.1 Å². The first kappa shape index (κ1) is 21.6. The molecule has 4 aromatic rings. The van der Waals surface area contributed by atoms with Crippen LogP contribution in [0.15, 0.2) is 64.7 Å². The molecule has 0 radical (unpaired) electrons. The van der Waals surface area contributed by atoms with E-state index in [1.165, 1.54) is 18.3 Å². The third kappa shape index (κ3) is 4.52. The number of rotatable bonds is 5. The van der Waals surface area contributed by atoms with Gasteiger partial charge in [-0.25, -0.2) is 9.67 Å². The van der Waals surface area contributed by atoms with Crippen LogP contribution in [0.4, 0.5) is 18.9 Å². The summed E-state index contributed by atoms with van der Waals surface area (Å²) in [6.45, 7) is 1.91. The van der Waals surface area contributed by atoms with Gasteiger partial charge in [-0.1, -0.05) is 30.0 Å². The van der Waals surface area contributed by atoms with Crippen LogP contribution in [-0.4, -0.2) is 31.4 Å². The number of thioether (sulfide) groups is 1. The topological polar surface area (TPSA) is 92.7 Å². The summed E-state index contributed by atoms with van der Waals surface area (Å²) < 4.78 is 39.5. The number of aryl methyl sites for hydroxylation is 1. The lowest BCUT2D eigenvalue weighted by Crippen LogP contribution is -2.16. The van der Waals surface area contributed by atoms with Crippen LogP contribution in [0.5, 0.6) is 0 Å². The summed E-state index contributed by atoms with van der Waals surface area (Å²) in [7, 11) is 0. The van der Waals surface area contributed by atoms with Crippen molar-refractivity contribution < 1.29 is 18.0 Å². The average molecular weight is 459 g/mol. The normalized spacial score (nSPS) is 11.6. The Hall–Kier alpha value is -3.60. The van der Waals surface area contributed by atoms with Crippen LogP contribution in [0.1, 0.15) is 11.1 Å². The van der Waals surface area contributed by atoms with Gasteiger partial charge >= 0.3 is 6.18 Å². The SMILES string of the molecule is Cc1ccccc1-n1ncc2c(=O)[nH]c(SCC(=O)Nc3ccc(C(F)(F)F)cc3)nc21. The standard InChI is InChI=1S/C21H16F3N5O2S/c1-12-4-2-3-5-16(12)29-18-15(10-25-29)19(31)28-20(27-18)32-11-17(30)26-14-8-6-13(7-9-14)21(22,23)24/h2-10H,11H2,1H3,(H,26,30)(H,27,28,31). The molecule has 0 bridgehead atoms. The number of H-pyrrole nitrogens is 1. The minimum atomic E-state index is -4.45. The summed E-state index contributed by atoms with van der Waals surface area (Å²) in [6.07, 6.45) is -3.02. The Kier molecular flexibility index (Phi) is 5.74. The third-order valence-electron chi connectivity index (χ3n) is 4.60. The van der Waals surface area contributed by atoms with E-state index in [1.807, 2.05) is 31.2 Å². The summed E-state index contributed by atoms with van der Waals surface area (Å²) in [5, 5.41) is 7.32. The number of aromatic amines is 1. The highest BCUT2D eigenvalue weighted by molar-refractivity contribution is 7.99. The van der Waals surface area contributed by atoms with E-state index < -0.39 is 17.6 Å². The second-order valence-corrected chi connectivity index (χ2v) is 7.83. The van der Waals surface area contributed by atoms with E-state index >= 15 is 0 Å². The van der Waals surface area contributed by atoms with E-state index in [9.17, 15) is 22.8 Å². The maximum Gasteiger partial charge on any atom is 0.416 e. The zero-order valence-electron chi connectivity index (χ0n) is 16.6. The molecule has 0 aliphatic carbocycles. The van der Waals surface area contributed by atoms with Crippen LogP contribution >= 0.6 is 11.8 Å². The number of anilines is 1. The summed E-state index contributed by atoms with van der Waals surface area (Å²) in [5.41, 5.74) is 1.12. The number of para-hydroxylation sites is 1. The van der Waals surface area contributed by atoms with Gasteiger partial charge in [-0.05, 0) is 42.8 Å². The number of benzene rings is 2. The fraction of sp³-hybridized carbons (Fsp3) is 0.143. The predicted molar refractivity (Wildman–Crippen MR) is 115 cm³/mol. The van der Waals surface area contributed by atoms with E-state index in [4.69, 9.17) is 0 Å². The molecule has 32 heavy (non-hydrogen) atoms. The maximum absolute atomic E-state index is 12.6. The quantitative estimate of drug-likeness (QED) is 0.345. The number of carbonyl (C=O) groups is 1. The highest BCUT2D eigenvalue weighted by atomic mass is 32.2. The number of alkyl halides is 3. The van der Waals surface area contributed by atoms with E-state index in [1.54, 1.807) is 4.68 Å². The molecule has 2 N–H and O–H groups in total. The van der Waals surface area contributed by atoms with Crippen LogP contribution in [0.25, 0.3) is 16.7 Å². The van der Waals surface area contributed by atoms with Crippen LogP contribution in [0.2, 0.25) is 0 Å². The van der Waals surface area contributed by atoms with Gasteiger partial charge in [-0.3, -0.25) is 9.59 Å². The summed E-state index contributed by atoms with van der Waals surface area (Å²) in [5.74, 6) is -0.557. The Morgan fingerprint density at radius 1 is 1.16 bits per heavy atom. The number of hydrogen-bond donors (Lipinski definition) is 2. The molecule has 0 fully saturated rings. The second-order valence-electron chi connectivity index (χ2n) is 6.86. The molecule has 0 aliphatic heterocycles. The van der Waals surface area contributed by atoms with Gasteiger partial charge in [0.2, 0.25) is 5.91 Å². The molecule has 2 heterocycles. The fourth-order valence-electron chi connectivity index (χ4n) is 3.02. The molecule has 1 amide bonds. The first-order valence-electron chi connectivity index (χ1n) is 9.36. The Bertz CT molecular complexity index is 1350. The highest BCUT2D eigenvalue weighted by Gasteiger charge is 2.30. The molecule has 0 saturated carbocycles. The number of nitrogens with zero attached hydrogens (tertiary/aromatic N) is 3. The largest absolute Gasteiger partial charge is 0.416 e. The summed E-state index contributed by atoms with van der Waals surface area (Å²) >= 11 is 0.996. The van der Waals surface area contributed by atoms with Gasteiger partial charge in [0.1, 0.15) is 5.39 Å². The van der Waals surface area contributed by atoms with Crippen molar-refractivity contribution in [2.24, 2.45) is 0 Å². The molecule has 7 nitrogen and oxygen atoms in total. The second kappa shape index (κ2) is 8.50. The predicted octanol–water partition coefficient (Wildman–Crippen LogP) is 4.17. The first-order valence-corrected chi connectivity index (χ1v) is 10.3. The van der Waals surface area contributed by atoms with Gasteiger partial charge in [-0.2, -0.15) is 18.3 Å². The van der Waals surface area contributed by atoms with Crippen molar-refractivity contribution in [1.29, 1.82) is 0 Å². The molecule has 164 valence electrons. The monoisotopic (exact) mass is 459 g/mol. The molecular formula is C21H16F3N5O2S. The zero-order chi connectivity index (χ0) is 22.9. The van der Waals surface area contributed by atoms with Gasteiger partial charge in [0.15, 0.2) is 10.8 Å². The van der Waals surface area contributed by atoms with Crippen molar-refractivity contribution in [1.82, 2.24) is 19.7 Å². The van der Waals surface area contributed by atoms with Gasteiger partial charge < -0.3 is 10.3 Å². The lowest BCUT2D eigenvalue weighted by atomic mass is 10.2. The van der Waals surface area contributed by atoms with Gasteiger partial charge in [-0.15, -0.1) is 0 Å². The highest BCUT2D eigenvalue weighted by Crippen LogP contribution is 2.30. The summed E-state index contributed by atoms with van der Waals surface area (Å²) in [6, 6.07) is 11.7. The Labute approximate surface area is 183 Å². The Morgan fingerprint density at radius 3 is 2.56 bits per heavy atom. The summed E-state index contributed by atoms with van der Waals surface area (Å²) in [4.78, 5) is 31.7. The maximum atomic E-state index is 12.6. The number of amides is 1. The van der Waals surface area contributed by atoms with Gasteiger partial charge in [0, 0.05) is 5.69 Å². The smallest absolute Gasteiger partial charge is 0.325 e. The van der Waals surface area contributed by atoms with Crippen LogP contribution in [0, 0.1) is 6.92 Å². The molecule has 4 rings (SSSR count). The molecule has 2 aromatic heterocycles. The van der Waals surface area contributed by atoms with Gasteiger partial charge in [0.05, 0.1) is 23.2 Å². The molecule has 0 saturated heterocycles. The van der Waals surface area contributed by atoms with Crippen molar-refractivity contribution >= 4 is 34.4 Å². The van der Waals surface area contributed by atoms with Crippen molar-refractivity contribution in [3.05, 3.63) is 76.2 Å². The molecule has 0 atom stereocenters. The number of fused-ring (bicyclic) bond motifs is 1. The number of nitrogens with one attached hydrogen (secondary N) is 2. The van der Waals surface area contributed by atoms with E-state index in [0.29, 0.717) is 11.0 Å². The average Bonchev–Trinajstić information content (AvgIpc) is 3.17. The molecular weight excluding hydrogens is 443 g/mol. The number of halogens is 3. The van der Waals surface area contributed by atoms with Crippen LogP contribution in [-0.2, 0) is 11.0 Å². The number of carbonyl (C=O) groups excluding carboxylic acids is 1. The zero-order valence-corrected chi connectivity index (χ0v) is 17.4. The fourth-order valence-corrected chi connectivity index (χ4v) is 3.67. The molecule has 0 spiro atoms. The van der Waals surface area contributed by atoms with Crippen LogP contribution < -0.4 is 10.9 Å². The number of aromatic nitrogens is 4.